The monoisotopic (exact) mass is 343 g/mol. The molecule has 0 aliphatic carbocycles. The van der Waals surface area contributed by atoms with E-state index in [1.807, 2.05) is 35.0 Å². The number of hydrogen-bond acceptors (Lipinski definition) is 5. The Balaban J connectivity index is 1.33. The van der Waals surface area contributed by atoms with Gasteiger partial charge in [0.2, 0.25) is 5.91 Å². The minimum atomic E-state index is 0.0538. The molecule has 0 saturated carbocycles. The lowest BCUT2D eigenvalue weighted by Crippen LogP contribution is -2.44. The highest BCUT2D eigenvalue weighted by Gasteiger charge is 2.22. The molecule has 0 bridgehead atoms. The van der Waals surface area contributed by atoms with Crippen LogP contribution in [-0.2, 0) is 11.3 Å². The molecule has 1 fully saturated rings. The number of carbonyl (C=O) groups is 1. The molecule has 7 heteroatoms. The summed E-state index contributed by atoms with van der Waals surface area (Å²) in [4.78, 5) is 18.3. The van der Waals surface area contributed by atoms with Crippen LogP contribution >= 0.6 is 0 Å². The molecule has 0 unspecified atom stereocenters. The first-order valence-corrected chi connectivity index (χ1v) is 8.79. The van der Waals surface area contributed by atoms with Crippen LogP contribution in [0.15, 0.2) is 43.0 Å². The summed E-state index contributed by atoms with van der Waals surface area (Å²) in [6.45, 7) is 4.20. The predicted octanol–water partition coefficient (Wildman–Crippen LogP) is 1.19. The molecular formula is C18H25N5O2. The van der Waals surface area contributed by atoms with Crippen LogP contribution in [-0.4, -0.2) is 58.4 Å². The summed E-state index contributed by atoms with van der Waals surface area (Å²) in [5.41, 5.74) is 0. The summed E-state index contributed by atoms with van der Waals surface area (Å²) >= 11 is 0. The molecule has 2 heterocycles. The van der Waals surface area contributed by atoms with Crippen LogP contribution in [0.4, 0.5) is 0 Å². The smallest absolute Gasteiger partial charge is 0.234 e. The van der Waals surface area contributed by atoms with Crippen molar-refractivity contribution in [1.82, 2.24) is 25.0 Å². The summed E-state index contributed by atoms with van der Waals surface area (Å²) in [6, 6.07) is 9.62. The van der Waals surface area contributed by atoms with Gasteiger partial charge in [0.05, 0.1) is 13.1 Å². The second kappa shape index (κ2) is 9.17. The third-order valence-electron chi connectivity index (χ3n) is 4.32. The molecule has 1 saturated heterocycles. The minimum absolute atomic E-state index is 0.0538. The van der Waals surface area contributed by atoms with Gasteiger partial charge in [-0.1, -0.05) is 18.2 Å². The number of nitrogens with one attached hydrogen (secondary N) is 1. The topological polar surface area (TPSA) is 72.3 Å². The summed E-state index contributed by atoms with van der Waals surface area (Å²) in [6.07, 6.45) is 5.59. The molecule has 7 nitrogen and oxygen atoms in total. The molecule has 1 amide bonds. The fourth-order valence-electron chi connectivity index (χ4n) is 3.17. The van der Waals surface area contributed by atoms with Gasteiger partial charge < -0.3 is 10.1 Å². The van der Waals surface area contributed by atoms with Crippen molar-refractivity contribution < 1.29 is 9.53 Å². The van der Waals surface area contributed by atoms with Crippen LogP contribution in [0, 0.1) is 5.92 Å². The number of aromatic nitrogens is 3. The standard InChI is InChI=1S/C18H25N5O2/c24-18(20-8-10-25-17-6-2-1-3-7-17)13-22-9-4-5-16(11-22)12-23-15-19-14-21-23/h1-3,6-7,14-16H,4-5,8-13H2,(H,20,24)/t16-/m1/s1. The van der Waals surface area contributed by atoms with E-state index in [4.69, 9.17) is 4.74 Å². The van der Waals surface area contributed by atoms with Crippen molar-refractivity contribution in [2.75, 3.05) is 32.8 Å². The minimum Gasteiger partial charge on any atom is -0.492 e. The Morgan fingerprint density at radius 2 is 2.20 bits per heavy atom. The van der Waals surface area contributed by atoms with Crippen LogP contribution < -0.4 is 10.1 Å². The number of rotatable bonds is 8. The second-order valence-electron chi connectivity index (χ2n) is 6.37. The van der Waals surface area contributed by atoms with Gasteiger partial charge in [0.1, 0.15) is 25.0 Å². The largest absolute Gasteiger partial charge is 0.492 e. The zero-order chi connectivity index (χ0) is 17.3. The Bertz CT molecular complexity index is 632. The van der Waals surface area contributed by atoms with E-state index in [0.29, 0.717) is 25.6 Å². The third kappa shape index (κ3) is 5.86. The highest BCUT2D eigenvalue weighted by molar-refractivity contribution is 5.78. The number of piperidine rings is 1. The number of nitrogens with zero attached hydrogens (tertiary/aromatic N) is 4. The van der Waals surface area contributed by atoms with Crippen molar-refractivity contribution in [3.8, 4) is 5.75 Å². The van der Waals surface area contributed by atoms with Gasteiger partial charge in [0.15, 0.2) is 0 Å². The zero-order valence-electron chi connectivity index (χ0n) is 14.4. The van der Waals surface area contributed by atoms with Gasteiger partial charge in [-0.25, -0.2) is 4.98 Å². The highest BCUT2D eigenvalue weighted by atomic mass is 16.5. The molecule has 0 radical (unpaired) electrons. The molecule has 1 N–H and O–H groups in total. The fraction of sp³-hybridized carbons (Fsp3) is 0.500. The summed E-state index contributed by atoms with van der Waals surface area (Å²) in [5, 5.41) is 7.09. The van der Waals surface area contributed by atoms with E-state index in [9.17, 15) is 4.79 Å². The molecule has 1 aromatic carbocycles. The number of ether oxygens (including phenoxy) is 1. The zero-order valence-corrected chi connectivity index (χ0v) is 14.4. The van der Waals surface area contributed by atoms with Crippen LogP contribution in [0.5, 0.6) is 5.75 Å². The molecule has 1 aliphatic rings. The number of likely N-dealkylation sites (tertiary alicyclic amines) is 1. The molecule has 1 aromatic heterocycles. The average Bonchev–Trinajstić information content (AvgIpc) is 3.13. The number of benzene rings is 1. The van der Waals surface area contributed by atoms with Crippen LogP contribution in [0.1, 0.15) is 12.8 Å². The number of carbonyl (C=O) groups excluding carboxylic acids is 1. The molecule has 134 valence electrons. The average molecular weight is 343 g/mol. The van der Waals surface area contributed by atoms with Gasteiger partial charge >= 0.3 is 0 Å². The maximum absolute atomic E-state index is 12.1. The SMILES string of the molecule is O=C(CN1CCC[C@@H](Cn2cncn2)C1)NCCOc1ccccc1. The van der Waals surface area contributed by atoms with Crippen molar-refractivity contribution >= 4 is 5.91 Å². The van der Waals surface area contributed by atoms with E-state index >= 15 is 0 Å². The van der Waals surface area contributed by atoms with Gasteiger partial charge in [-0.05, 0) is 37.4 Å². The predicted molar refractivity (Wildman–Crippen MR) is 94.1 cm³/mol. The van der Waals surface area contributed by atoms with E-state index in [0.717, 1.165) is 31.8 Å². The van der Waals surface area contributed by atoms with Gasteiger partial charge in [-0.3, -0.25) is 14.4 Å². The van der Waals surface area contributed by atoms with Crippen molar-refractivity contribution in [2.45, 2.75) is 19.4 Å². The Kier molecular flexibility index (Phi) is 6.39. The third-order valence-corrected chi connectivity index (χ3v) is 4.32. The quantitative estimate of drug-likeness (QED) is 0.729. The van der Waals surface area contributed by atoms with Gasteiger partial charge in [-0.2, -0.15) is 5.10 Å². The van der Waals surface area contributed by atoms with E-state index in [1.165, 1.54) is 6.42 Å². The first kappa shape index (κ1) is 17.4. The van der Waals surface area contributed by atoms with Gasteiger partial charge in [-0.15, -0.1) is 0 Å². The highest BCUT2D eigenvalue weighted by Crippen LogP contribution is 2.17. The molecule has 1 atom stereocenters. The van der Waals surface area contributed by atoms with Crippen molar-refractivity contribution in [1.29, 1.82) is 0 Å². The first-order chi connectivity index (χ1) is 12.3. The molecule has 0 spiro atoms. The lowest BCUT2D eigenvalue weighted by molar-refractivity contribution is -0.122. The maximum Gasteiger partial charge on any atom is 0.234 e. The van der Waals surface area contributed by atoms with Crippen molar-refractivity contribution in [3.63, 3.8) is 0 Å². The molecule has 3 rings (SSSR count). The van der Waals surface area contributed by atoms with Crippen LogP contribution in [0.25, 0.3) is 0 Å². The molecule has 1 aliphatic heterocycles. The van der Waals surface area contributed by atoms with Gasteiger partial charge in [0, 0.05) is 13.1 Å². The summed E-state index contributed by atoms with van der Waals surface area (Å²) in [7, 11) is 0. The number of amides is 1. The number of hydrogen-bond donors (Lipinski definition) is 1. The second-order valence-corrected chi connectivity index (χ2v) is 6.37. The normalized spacial score (nSPS) is 18.0. The maximum atomic E-state index is 12.1. The molecular weight excluding hydrogens is 318 g/mol. The first-order valence-electron chi connectivity index (χ1n) is 8.79. The lowest BCUT2D eigenvalue weighted by Gasteiger charge is -2.32. The Hall–Kier alpha value is -2.41. The fourth-order valence-corrected chi connectivity index (χ4v) is 3.17. The van der Waals surface area contributed by atoms with E-state index in [2.05, 4.69) is 20.3 Å². The summed E-state index contributed by atoms with van der Waals surface area (Å²) in [5.74, 6) is 1.39. The van der Waals surface area contributed by atoms with E-state index in [-0.39, 0.29) is 5.91 Å². The summed E-state index contributed by atoms with van der Waals surface area (Å²) < 4.78 is 7.45. The van der Waals surface area contributed by atoms with Crippen molar-refractivity contribution in [3.05, 3.63) is 43.0 Å². The molecule has 25 heavy (non-hydrogen) atoms. The lowest BCUT2D eigenvalue weighted by atomic mass is 9.98. The molecule has 2 aromatic rings. The van der Waals surface area contributed by atoms with E-state index in [1.54, 1.807) is 12.7 Å². The Labute approximate surface area is 148 Å². The Morgan fingerprint density at radius 1 is 1.32 bits per heavy atom. The van der Waals surface area contributed by atoms with Crippen LogP contribution in [0.3, 0.4) is 0 Å². The van der Waals surface area contributed by atoms with Crippen molar-refractivity contribution in [2.24, 2.45) is 5.92 Å². The Morgan fingerprint density at radius 3 is 3.00 bits per heavy atom. The van der Waals surface area contributed by atoms with Crippen LogP contribution in [0.2, 0.25) is 0 Å². The van der Waals surface area contributed by atoms with E-state index < -0.39 is 0 Å². The van der Waals surface area contributed by atoms with Gasteiger partial charge in [0.25, 0.3) is 0 Å². The number of para-hydroxylation sites is 1.